The molecule has 1 amide bonds. The molecule has 0 unspecified atom stereocenters. The van der Waals surface area contributed by atoms with Gasteiger partial charge in [-0.25, -0.2) is 4.79 Å². The number of carbonyl (C=O) groups excluding carboxylic acids is 1. The largest absolute Gasteiger partial charge is 0.426 e. The number of rotatable bonds is 2. The highest BCUT2D eigenvalue weighted by atomic mass is 16.6. The summed E-state index contributed by atoms with van der Waals surface area (Å²) in [5.74, 6) is 0. The van der Waals surface area contributed by atoms with Gasteiger partial charge in [-0.2, -0.15) is 0 Å². The van der Waals surface area contributed by atoms with Crippen LogP contribution in [0.3, 0.4) is 0 Å². The van der Waals surface area contributed by atoms with Gasteiger partial charge >= 0.3 is 6.09 Å². The molecule has 0 aliphatic carbocycles. The lowest BCUT2D eigenvalue weighted by atomic mass is 10.1. The van der Waals surface area contributed by atoms with Crippen molar-refractivity contribution < 1.29 is 9.53 Å². The molecule has 0 aromatic heterocycles. The van der Waals surface area contributed by atoms with Gasteiger partial charge in [0.15, 0.2) is 6.23 Å². The number of anilines is 3. The van der Waals surface area contributed by atoms with E-state index in [9.17, 15) is 4.79 Å². The van der Waals surface area contributed by atoms with Gasteiger partial charge < -0.3 is 27.3 Å². The van der Waals surface area contributed by atoms with Gasteiger partial charge in [-0.1, -0.05) is 0 Å². The van der Waals surface area contributed by atoms with Crippen molar-refractivity contribution in [3.8, 4) is 0 Å². The highest BCUT2D eigenvalue weighted by Crippen LogP contribution is 2.30. The molecule has 9 N–H and O–H groups in total. The van der Waals surface area contributed by atoms with Crippen LogP contribution in [0.1, 0.15) is 11.8 Å². The summed E-state index contributed by atoms with van der Waals surface area (Å²) in [4.78, 5) is 11.0. The fourth-order valence-corrected chi connectivity index (χ4v) is 1.22. The van der Waals surface area contributed by atoms with Crippen LogP contribution in [0.15, 0.2) is 12.1 Å². The molecular weight excluding hydrogens is 210 g/mol. The second-order valence-electron chi connectivity index (χ2n) is 3.15. The number of ether oxygens (including phenoxy) is 1. The van der Waals surface area contributed by atoms with E-state index in [0.29, 0.717) is 16.9 Å². The Labute approximate surface area is 92.7 Å². The first-order valence-electron chi connectivity index (χ1n) is 4.54. The minimum Gasteiger partial charge on any atom is -0.426 e. The van der Waals surface area contributed by atoms with Crippen LogP contribution in [0.25, 0.3) is 0 Å². The third-order valence-corrected chi connectivity index (χ3v) is 2.08. The normalized spacial score (nSPS) is 11.9. The summed E-state index contributed by atoms with van der Waals surface area (Å²) in [5, 5.41) is 2.27. The lowest BCUT2D eigenvalue weighted by Crippen LogP contribution is -2.27. The van der Waals surface area contributed by atoms with E-state index in [4.69, 9.17) is 27.7 Å². The van der Waals surface area contributed by atoms with Crippen molar-refractivity contribution in [2.45, 2.75) is 6.23 Å². The Balaban J connectivity index is 3.03. The zero-order valence-corrected chi connectivity index (χ0v) is 8.86. The molecule has 88 valence electrons. The zero-order valence-electron chi connectivity index (χ0n) is 8.86. The molecule has 0 heterocycles. The summed E-state index contributed by atoms with van der Waals surface area (Å²) in [7, 11) is 1.42. The highest BCUT2D eigenvalue weighted by molar-refractivity contribution is 5.76. The Morgan fingerprint density at radius 3 is 2.44 bits per heavy atom. The molecule has 0 aliphatic heterocycles. The Bertz CT molecular complexity index is 407. The second kappa shape index (κ2) is 4.58. The van der Waals surface area contributed by atoms with Gasteiger partial charge in [0.1, 0.15) is 0 Å². The second-order valence-corrected chi connectivity index (χ2v) is 3.15. The van der Waals surface area contributed by atoms with Gasteiger partial charge in [-0.15, -0.1) is 0 Å². The van der Waals surface area contributed by atoms with Crippen molar-refractivity contribution >= 4 is 23.2 Å². The molecule has 0 saturated carbocycles. The molecule has 7 heteroatoms. The monoisotopic (exact) mass is 225 g/mol. The van der Waals surface area contributed by atoms with E-state index >= 15 is 0 Å². The van der Waals surface area contributed by atoms with E-state index in [1.165, 1.54) is 7.05 Å². The first-order valence-corrected chi connectivity index (χ1v) is 4.54. The molecule has 16 heavy (non-hydrogen) atoms. The summed E-state index contributed by atoms with van der Waals surface area (Å²) in [5.41, 5.74) is 23.8. The number of nitrogens with one attached hydrogen (secondary N) is 1. The predicted molar refractivity (Wildman–Crippen MR) is 62.1 cm³/mol. The van der Waals surface area contributed by atoms with Gasteiger partial charge in [0.2, 0.25) is 0 Å². The van der Waals surface area contributed by atoms with Crippen LogP contribution < -0.4 is 28.3 Å². The van der Waals surface area contributed by atoms with Crippen LogP contribution in [0, 0.1) is 0 Å². The first-order chi connectivity index (χ1) is 7.47. The highest BCUT2D eigenvalue weighted by Gasteiger charge is 2.18. The summed E-state index contributed by atoms with van der Waals surface area (Å²) in [6.45, 7) is 0. The molecule has 7 nitrogen and oxygen atoms in total. The third-order valence-electron chi connectivity index (χ3n) is 2.08. The predicted octanol–water partition coefficient (Wildman–Crippen LogP) is -0.253. The summed E-state index contributed by atoms with van der Waals surface area (Å²) < 4.78 is 4.81. The van der Waals surface area contributed by atoms with E-state index in [1.54, 1.807) is 12.1 Å². The Morgan fingerprint density at radius 2 is 1.88 bits per heavy atom. The van der Waals surface area contributed by atoms with Crippen molar-refractivity contribution in [2.24, 2.45) is 5.73 Å². The first kappa shape index (κ1) is 11.9. The van der Waals surface area contributed by atoms with Crippen LogP contribution >= 0.6 is 0 Å². The van der Waals surface area contributed by atoms with Gasteiger partial charge in [0.05, 0.1) is 16.9 Å². The van der Waals surface area contributed by atoms with Crippen molar-refractivity contribution in [3.05, 3.63) is 17.7 Å². The van der Waals surface area contributed by atoms with E-state index in [2.05, 4.69) is 5.32 Å². The van der Waals surface area contributed by atoms with Crippen molar-refractivity contribution in [3.63, 3.8) is 0 Å². The lowest BCUT2D eigenvalue weighted by Gasteiger charge is -2.18. The molecule has 1 atom stereocenters. The smallest absolute Gasteiger partial charge is 0.408 e. The van der Waals surface area contributed by atoms with Crippen LogP contribution in [-0.2, 0) is 4.74 Å². The van der Waals surface area contributed by atoms with Crippen LogP contribution in [0.5, 0.6) is 0 Å². The third kappa shape index (κ3) is 2.26. The SMILES string of the molecule is CNC(=O)O[C@@H](N)c1c(N)ccc(N)c1N. The number of hydrogen-bond acceptors (Lipinski definition) is 6. The maximum atomic E-state index is 11.0. The number of alkyl carbamates (subject to hydrolysis) is 1. The van der Waals surface area contributed by atoms with Gasteiger partial charge in [-0.3, -0.25) is 5.73 Å². The molecule has 0 spiro atoms. The Hall–Kier alpha value is -2.15. The standard InChI is InChI=1S/C9H15N5O2/c1-14-9(15)16-8(13)6-4(10)2-3-5(11)7(6)12/h2-3,8H,10-13H2,1H3,(H,14,15)/t8-/m1/s1. The van der Waals surface area contributed by atoms with Gasteiger partial charge in [-0.05, 0) is 12.1 Å². The van der Waals surface area contributed by atoms with E-state index in [-0.39, 0.29) is 5.69 Å². The molecule has 1 rings (SSSR count). The zero-order chi connectivity index (χ0) is 12.3. The van der Waals surface area contributed by atoms with E-state index in [0.717, 1.165) is 0 Å². The number of benzene rings is 1. The molecule has 0 saturated heterocycles. The van der Waals surface area contributed by atoms with Crippen molar-refractivity contribution in [2.75, 3.05) is 24.2 Å². The van der Waals surface area contributed by atoms with Crippen LogP contribution in [-0.4, -0.2) is 13.1 Å². The lowest BCUT2D eigenvalue weighted by molar-refractivity contribution is 0.104. The summed E-state index contributed by atoms with van der Waals surface area (Å²) in [6, 6.07) is 3.11. The number of nitrogens with two attached hydrogens (primary N) is 4. The topological polar surface area (TPSA) is 142 Å². The quantitative estimate of drug-likeness (QED) is 0.347. The van der Waals surface area contributed by atoms with Gasteiger partial charge in [0.25, 0.3) is 0 Å². The molecule has 0 bridgehead atoms. The van der Waals surface area contributed by atoms with E-state index in [1.807, 2.05) is 0 Å². The maximum absolute atomic E-state index is 11.0. The van der Waals surface area contributed by atoms with Crippen LogP contribution in [0.4, 0.5) is 21.9 Å². The number of nitrogen functional groups attached to an aromatic ring is 3. The molecule has 0 radical (unpaired) electrons. The molecule has 1 aromatic rings. The molecular formula is C9H15N5O2. The Morgan fingerprint density at radius 1 is 1.31 bits per heavy atom. The molecule has 1 aromatic carbocycles. The number of amides is 1. The van der Waals surface area contributed by atoms with Crippen LogP contribution in [0.2, 0.25) is 0 Å². The van der Waals surface area contributed by atoms with E-state index < -0.39 is 12.3 Å². The summed E-state index contributed by atoms with van der Waals surface area (Å²) >= 11 is 0. The Kier molecular flexibility index (Phi) is 3.41. The number of carbonyl (C=O) groups is 1. The average molecular weight is 225 g/mol. The molecule has 0 fully saturated rings. The van der Waals surface area contributed by atoms with Crippen molar-refractivity contribution in [1.29, 1.82) is 0 Å². The molecule has 0 aliphatic rings. The van der Waals surface area contributed by atoms with Gasteiger partial charge in [0, 0.05) is 12.7 Å². The maximum Gasteiger partial charge on any atom is 0.408 e. The van der Waals surface area contributed by atoms with Crippen molar-refractivity contribution in [1.82, 2.24) is 5.32 Å². The fourth-order valence-electron chi connectivity index (χ4n) is 1.22. The fraction of sp³-hybridized carbons (Fsp3) is 0.222. The summed E-state index contributed by atoms with van der Waals surface area (Å²) in [6.07, 6.45) is -1.72. The number of hydrogen-bond donors (Lipinski definition) is 5. The minimum absolute atomic E-state index is 0.219. The average Bonchev–Trinajstić information content (AvgIpc) is 2.24. The minimum atomic E-state index is -1.05.